The molecule has 52 valence electrons. The van der Waals surface area contributed by atoms with Crippen LogP contribution in [0.1, 0.15) is 0 Å². The second-order valence-electron chi connectivity index (χ2n) is 1.56. The zero-order chi connectivity index (χ0) is 6.95. The summed E-state index contributed by atoms with van der Waals surface area (Å²) in [6.45, 7) is 4.34. The van der Waals surface area contributed by atoms with E-state index < -0.39 is 0 Å². The minimum atomic E-state index is -0.304. The van der Waals surface area contributed by atoms with Crippen molar-refractivity contribution in [3.63, 3.8) is 0 Å². The maximum atomic E-state index is 11.4. The van der Waals surface area contributed by atoms with Crippen molar-refractivity contribution in [2.24, 2.45) is 0 Å². The molecule has 0 fully saturated rings. The van der Waals surface area contributed by atoms with Crippen LogP contribution in [-0.2, 0) is 0 Å². The first-order valence-electron chi connectivity index (χ1n) is 2.96. The molecule has 0 unspecified atom stereocenters. The first kappa shape index (κ1) is 8.37. The van der Waals surface area contributed by atoms with Crippen LogP contribution in [0.2, 0.25) is 0 Å². The quantitative estimate of drug-likeness (QED) is 0.435. The summed E-state index contributed by atoms with van der Waals surface area (Å²) in [5, 5.41) is 2.86. The van der Waals surface area contributed by atoms with E-state index in [2.05, 4.69) is 11.9 Å². The highest BCUT2D eigenvalue weighted by Gasteiger charge is 1.77. The van der Waals surface area contributed by atoms with E-state index in [1.165, 1.54) is 0 Å². The molecule has 0 aliphatic rings. The normalized spacial score (nSPS) is 10.3. The van der Waals surface area contributed by atoms with Crippen molar-refractivity contribution in [3.05, 3.63) is 24.8 Å². The number of hydrogen-bond donors (Lipinski definition) is 1. The van der Waals surface area contributed by atoms with E-state index in [1.807, 2.05) is 12.2 Å². The Morgan fingerprint density at radius 3 is 2.89 bits per heavy atom. The number of alkyl halides is 1. The molecule has 0 amide bonds. The van der Waals surface area contributed by atoms with Crippen molar-refractivity contribution in [1.29, 1.82) is 0 Å². The van der Waals surface area contributed by atoms with Gasteiger partial charge in [-0.1, -0.05) is 24.8 Å². The van der Waals surface area contributed by atoms with Crippen molar-refractivity contribution in [3.8, 4) is 0 Å². The van der Waals surface area contributed by atoms with Crippen LogP contribution in [0.5, 0.6) is 0 Å². The first-order valence-corrected chi connectivity index (χ1v) is 2.96. The summed E-state index contributed by atoms with van der Waals surface area (Å²) in [5.41, 5.74) is 0. The van der Waals surface area contributed by atoms with Crippen molar-refractivity contribution < 1.29 is 4.39 Å². The molecule has 0 aromatic heterocycles. The lowest BCUT2D eigenvalue weighted by Gasteiger charge is -1.92. The molecule has 0 atom stereocenters. The minimum absolute atomic E-state index is 0.304. The van der Waals surface area contributed by atoms with Gasteiger partial charge in [-0.3, -0.25) is 0 Å². The summed E-state index contributed by atoms with van der Waals surface area (Å²) in [4.78, 5) is 0. The molecule has 0 rings (SSSR count). The van der Waals surface area contributed by atoms with Gasteiger partial charge >= 0.3 is 0 Å². The Labute approximate surface area is 55.3 Å². The van der Waals surface area contributed by atoms with Gasteiger partial charge in [0.25, 0.3) is 0 Å². The predicted molar refractivity (Wildman–Crippen MR) is 38.2 cm³/mol. The summed E-state index contributed by atoms with van der Waals surface area (Å²) in [7, 11) is 0. The fraction of sp³-hybridized carbons (Fsp3) is 0.429. The average Bonchev–Trinajstić information content (AvgIpc) is 1.89. The van der Waals surface area contributed by atoms with Gasteiger partial charge in [-0.05, 0) is 0 Å². The Balaban J connectivity index is 2.90. The second-order valence-corrected chi connectivity index (χ2v) is 1.56. The average molecular weight is 129 g/mol. The summed E-state index contributed by atoms with van der Waals surface area (Å²) < 4.78 is 11.4. The van der Waals surface area contributed by atoms with Gasteiger partial charge in [0.1, 0.15) is 6.67 Å². The Kier molecular flexibility index (Phi) is 6.85. The maximum Gasteiger partial charge on any atom is 0.102 e. The van der Waals surface area contributed by atoms with E-state index >= 15 is 0 Å². The molecule has 0 spiro atoms. The number of rotatable bonds is 5. The van der Waals surface area contributed by atoms with Gasteiger partial charge in [0, 0.05) is 13.1 Å². The van der Waals surface area contributed by atoms with Crippen LogP contribution in [0.3, 0.4) is 0 Å². The topological polar surface area (TPSA) is 12.0 Å². The molecule has 0 saturated heterocycles. The van der Waals surface area contributed by atoms with E-state index in [0.717, 1.165) is 6.54 Å². The monoisotopic (exact) mass is 129 g/mol. The number of halogens is 1. The lowest BCUT2D eigenvalue weighted by atomic mass is 10.5. The van der Waals surface area contributed by atoms with Gasteiger partial charge in [0.05, 0.1) is 0 Å². The zero-order valence-electron chi connectivity index (χ0n) is 5.44. The van der Waals surface area contributed by atoms with Gasteiger partial charge in [-0.15, -0.1) is 0 Å². The molecule has 0 radical (unpaired) electrons. The van der Waals surface area contributed by atoms with Crippen LogP contribution in [0, 0.1) is 0 Å². The van der Waals surface area contributed by atoms with Gasteiger partial charge in [-0.2, -0.15) is 0 Å². The highest BCUT2D eigenvalue weighted by atomic mass is 19.1. The van der Waals surface area contributed by atoms with E-state index in [9.17, 15) is 4.39 Å². The van der Waals surface area contributed by atoms with E-state index in [-0.39, 0.29) is 6.67 Å². The number of nitrogens with one attached hydrogen (secondary N) is 1. The van der Waals surface area contributed by atoms with Crippen LogP contribution >= 0.6 is 0 Å². The van der Waals surface area contributed by atoms with Crippen LogP contribution in [-0.4, -0.2) is 19.8 Å². The van der Waals surface area contributed by atoms with E-state index in [4.69, 9.17) is 0 Å². The van der Waals surface area contributed by atoms with Gasteiger partial charge in [-0.25, -0.2) is 4.39 Å². The summed E-state index contributed by atoms with van der Waals surface area (Å²) >= 11 is 0. The third-order valence-corrected chi connectivity index (χ3v) is 0.806. The minimum Gasteiger partial charge on any atom is -0.311 e. The molecule has 1 N–H and O–H groups in total. The Morgan fingerprint density at radius 2 is 2.33 bits per heavy atom. The molecule has 0 aromatic carbocycles. The Bertz CT molecular complexity index is 88.9. The van der Waals surface area contributed by atoms with Crippen LogP contribution in [0.25, 0.3) is 0 Å². The largest absolute Gasteiger partial charge is 0.311 e. The van der Waals surface area contributed by atoms with Crippen molar-refractivity contribution in [2.75, 3.05) is 19.8 Å². The summed E-state index contributed by atoms with van der Waals surface area (Å²) in [6, 6.07) is 0. The standard InChI is InChI=1S/C7H12FN/c1-2-3-4-6-9-7-5-8/h2-4,9H,1,5-7H2/b4-3-. The van der Waals surface area contributed by atoms with Gasteiger partial charge in [0.15, 0.2) is 0 Å². The highest BCUT2D eigenvalue weighted by molar-refractivity contribution is 4.97. The molecule has 0 heterocycles. The molecule has 0 saturated carbocycles. The number of hydrogen-bond acceptors (Lipinski definition) is 1. The predicted octanol–water partition coefficient (Wildman–Crippen LogP) is 1.29. The van der Waals surface area contributed by atoms with Crippen LogP contribution in [0.4, 0.5) is 4.39 Å². The fourth-order valence-electron chi connectivity index (χ4n) is 0.416. The van der Waals surface area contributed by atoms with Crippen molar-refractivity contribution >= 4 is 0 Å². The maximum absolute atomic E-state index is 11.4. The molecule has 0 bridgehead atoms. The zero-order valence-corrected chi connectivity index (χ0v) is 5.44. The second kappa shape index (κ2) is 7.37. The Morgan fingerprint density at radius 1 is 1.56 bits per heavy atom. The fourth-order valence-corrected chi connectivity index (χ4v) is 0.416. The van der Waals surface area contributed by atoms with Gasteiger partial charge < -0.3 is 5.32 Å². The van der Waals surface area contributed by atoms with Crippen molar-refractivity contribution in [1.82, 2.24) is 5.32 Å². The lowest BCUT2D eigenvalue weighted by molar-refractivity contribution is 0.475. The van der Waals surface area contributed by atoms with E-state index in [0.29, 0.717) is 6.54 Å². The SMILES string of the molecule is C=C/C=C\CNCCF. The van der Waals surface area contributed by atoms with Crippen LogP contribution in [0.15, 0.2) is 24.8 Å². The highest BCUT2D eigenvalue weighted by Crippen LogP contribution is 1.70. The Hall–Kier alpha value is -0.630. The van der Waals surface area contributed by atoms with Gasteiger partial charge in [0.2, 0.25) is 0 Å². The third kappa shape index (κ3) is 7.37. The number of allylic oxidation sites excluding steroid dienone is 2. The molecular formula is C7H12FN. The molecule has 1 nitrogen and oxygen atoms in total. The summed E-state index contributed by atoms with van der Waals surface area (Å²) in [6.07, 6.45) is 5.41. The summed E-state index contributed by atoms with van der Waals surface area (Å²) in [5.74, 6) is 0. The molecule has 0 aliphatic carbocycles. The van der Waals surface area contributed by atoms with E-state index in [1.54, 1.807) is 6.08 Å². The molecule has 0 aromatic rings. The first-order chi connectivity index (χ1) is 4.41. The van der Waals surface area contributed by atoms with Crippen LogP contribution < -0.4 is 5.32 Å². The molecular weight excluding hydrogens is 117 g/mol. The lowest BCUT2D eigenvalue weighted by Crippen LogP contribution is -2.15. The van der Waals surface area contributed by atoms with Crippen molar-refractivity contribution in [2.45, 2.75) is 0 Å². The molecule has 2 heteroatoms. The molecule has 0 aliphatic heterocycles. The third-order valence-electron chi connectivity index (χ3n) is 0.806. The molecule has 9 heavy (non-hydrogen) atoms. The smallest absolute Gasteiger partial charge is 0.102 e.